The molecule has 0 saturated carbocycles. The maximum absolute atomic E-state index is 12.2. The normalized spacial score (nSPS) is 30.8. The zero-order valence-corrected chi connectivity index (χ0v) is 10.9. The molecule has 17 heavy (non-hydrogen) atoms. The predicted octanol–water partition coefficient (Wildman–Crippen LogP) is 0.869. The van der Waals surface area contributed by atoms with Crippen LogP contribution >= 0.6 is 0 Å². The number of nitrogens with zero attached hydrogens (tertiary/aromatic N) is 1. The van der Waals surface area contributed by atoms with Crippen LogP contribution in [0, 0.1) is 11.8 Å². The largest absolute Gasteiger partial charge is 0.372 e. The molecule has 4 nitrogen and oxygen atoms in total. The van der Waals surface area contributed by atoms with Crippen LogP contribution in [-0.2, 0) is 9.53 Å². The Labute approximate surface area is 104 Å². The summed E-state index contributed by atoms with van der Waals surface area (Å²) >= 11 is 0. The molecule has 2 rings (SSSR count). The molecule has 2 aliphatic rings. The molecule has 0 aliphatic carbocycles. The van der Waals surface area contributed by atoms with Gasteiger partial charge in [-0.15, -0.1) is 0 Å². The molecule has 2 fully saturated rings. The van der Waals surface area contributed by atoms with E-state index >= 15 is 0 Å². The van der Waals surface area contributed by atoms with Gasteiger partial charge in [-0.2, -0.15) is 0 Å². The van der Waals surface area contributed by atoms with Crippen molar-refractivity contribution in [3.8, 4) is 0 Å². The van der Waals surface area contributed by atoms with Crippen molar-refractivity contribution in [3.63, 3.8) is 0 Å². The van der Waals surface area contributed by atoms with Crippen LogP contribution in [0.1, 0.15) is 26.2 Å². The fraction of sp³-hybridized carbons (Fsp3) is 0.923. The van der Waals surface area contributed by atoms with E-state index in [9.17, 15) is 4.79 Å². The third-order valence-electron chi connectivity index (χ3n) is 4.26. The Morgan fingerprint density at radius 3 is 2.41 bits per heavy atom. The number of hydrogen-bond donors (Lipinski definition) is 1. The average Bonchev–Trinajstić information content (AvgIpc) is 2.70. The highest BCUT2D eigenvalue weighted by atomic mass is 16.5. The highest BCUT2D eigenvalue weighted by Gasteiger charge is 2.32. The first-order valence-electron chi connectivity index (χ1n) is 6.78. The number of ether oxygens (including phenoxy) is 1. The summed E-state index contributed by atoms with van der Waals surface area (Å²) in [6, 6.07) is 0. The van der Waals surface area contributed by atoms with Gasteiger partial charge >= 0.3 is 0 Å². The third-order valence-corrected chi connectivity index (χ3v) is 4.26. The fourth-order valence-electron chi connectivity index (χ4n) is 3.08. The molecule has 0 aromatic rings. The number of likely N-dealkylation sites (tertiary alicyclic amines) is 1. The summed E-state index contributed by atoms with van der Waals surface area (Å²) in [5.41, 5.74) is 0. The van der Waals surface area contributed by atoms with Gasteiger partial charge in [0.25, 0.3) is 5.91 Å². The van der Waals surface area contributed by atoms with Crippen molar-refractivity contribution < 1.29 is 9.53 Å². The minimum Gasteiger partial charge on any atom is -0.372 e. The Morgan fingerprint density at radius 2 is 1.94 bits per heavy atom. The number of methoxy groups -OCH3 is 1. The maximum Gasteiger partial charge on any atom is 0.251 e. The van der Waals surface area contributed by atoms with E-state index in [0.29, 0.717) is 0 Å². The molecule has 0 aromatic heterocycles. The van der Waals surface area contributed by atoms with Gasteiger partial charge in [-0.1, -0.05) is 6.92 Å². The van der Waals surface area contributed by atoms with Gasteiger partial charge in [0.15, 0.2) is 0 Å². The molecular formula is C13H24N2O2. The summed E-state index contributed by atoms with van der Waals surface area (Å²) < 4.78 is 5.25. The molecule has 98 valence electrons. The van der Waals surface area contributed by atoms with Crippen LogP contribution in [0.3, 0.4) is 0 Å². The molecule has 1 amide bonds. The minimum atomic E-state index is -0.244. The minimum absolute atomic E-state index is 0.183. The number of carbonyl (C=O) groups excluding carboxylic acids is 1. The number of carbonyl (C=O) groups is 1. The van der Waals surface area contributed by atoms with E-state index in [-0.39, 0.29) is 12.0 Å². The number of amides is 1. The van der Waals surface area contributed by atoms with Crippen molar-refractivity contribution in [2.45, 2.75) is 32.3 Å². The van der Waals surface area contributed by atoms with E-state index in [1.165, 1.54) is 0 Å². The molecular weight excluding hydrogens is 216 g/mol. The molecule has 0 aromatic carbocycles. The van der Waals surface area contributed by atoms with Crippen LogP contribution in [0.2, 0.25) is 0 Å². The average molecular weight is 240 g/mol. The molecule has 2 saturated heterocycles. The Bertz CT molecular complexity index is 252. The van der Waals surface area contributed by atoms with Gasteiger partial charge in [0, 0.05) is 20.2 Å². The first-order valence-corrected chi connectivity index (χ1v) is 6.78. The quantitative estimate of drug-likeness (QED) is 0.796. The van der Waals surface area contributed by atoms with Gasteiger partial charge in [-0.25, -0.2) is 0 Å². The predicted molar refractivity (Wildman–Crippen MR) is 66.8 cm³/mol. The van der Waals surface area contributed by atoms with Gasteiger partial charge in [-0.3, -0.25) is 4.79 Å². The summed E-state index contributed by atoms with van der Waals surface area (Å²) in [5, 5.41) is 3.45. The van der Waals surface area contributed by atoms with E-state index in [1.807, 2.05) is 11.8 Å². The van der Waals surface area contributed by atoms with Crippen molar-refractivity contribution in [1.82, 2.24) is 10.2 Å². The summed E-state index contributed by atoms with van der Waals surface area (Å²) in [6.07, 6.45) is 2.80. The molecule has 0 bridgehead atoms. The van der Waals surface area contributed by atoms with Crippen molar-refractivity contribution in [2.24, 2.45) is 11.8 Å². The SMILES string of the molecule is CCC(OC)C(=O)N1CC[C@@H]2CNC[C@@H]2CC1. The molecule has 0 radical (unpaired) electrons. The van der Waals surface area contributed by atoms with Crippen molar-refractivity contribution in [3.05, 3.63) is 0 Å². The van der Waals surface area contributed by atoms with Crippen LogP contribution in [0.15, 0.2) is 0 Å². The Kier molecular flexibility index (Phi) is 4.40. The second kappa shape index (κ2) is 5.83. The lowest BCUT2D eigenvalue weighted by Gasteiger charge is -2.25. The van der Waals surface area contributed by atoms with E-state index in [4.69, 9.17) is 4.74 Å². The van der Waals surface area contributed by atoms with Crippen LogP contribution in [0.5, 0.6) is 0 Å². The lowest BCUT2D eigenvalue weighted by molar-refractivity contribution is -0.142. The molecule has 2 heterocycles. The summed E-state index contributed by atoms with van der Waals surface area (Å²) in [5.74, 6) is 1.73. The number of rotatable bonds is 3. The van der Waals surface area contributed by atoms with E-state index in [0.717, 1.165) is 57.3 Å². The maximum atomic E-state index is 12.2. The zero-order chi connectivity index (χ0) is 12.3. The van der Waals surface area contributed by atoms with E-state index in [2.05, 4.69) is 5.32 Å². The first kappa shape index (κ1) is 12.8. The van der Waals surface area contributed by atoms with Crippen LogP contribution in [0.25, 0.3) is 0 Å². The second-order valence-corrected chi connectivity index (χ2v) is 5.21. The Balaban J connectivity index is 1.92. The van der Waals surface area contributed by atoms with Gasteiger partial charge in [0.05, 0.1) is 0 Å². The lowest BCUT2D eigenvalue weighted by atomic mass is 9.92. The summed E-state index contributed by atoms with van der Waals surface area (Å²) in [6.45, 7) is 6.08. The highest BCUT2D eigenvalue weighted by molar-refractivity contribution is 5.80. The molecule has 4 heteroatoms. The van der Waals surface area contributed by atoms with Crippen molar-refractivity contribution in [1.29, 1.82) is 0 Å². The fourth-order valence-corrected chi connectivity index (χ4v) is 3.08. The molecule has 1 unspecified atom stereocenters. The smallest absolute Gasteiger partial charge is 0.251 e. The Hall–Kier alpha value is -0.610. The van der Waals surface area contributed by atoms with Crippen LogP contribution in [-0.4, -0.2) is 50.2 Å². The van der Waals surface area contributed by atoms with Crippen molar-refractivity contribution in [2.75, 3.05) is 33.3 Å². The lowest BCUT2D eigenvalue weighted by Crippen LogP contribution is -2.40. The Morgan fingerprint density at radius 1 is 1.35 bits per heavy atom. The summed E-state index contributed by atoms with van der Waals surface area (Å²) in [7, 11) is 1.63. The van der Waals surface area contributed by atoms with Crippen LogP contribution in [0.4, 0.5) is 0 Å². The highest BCUT2D eigenvalue weighted by Crippen LogP contribution is 2.27. The standard InChI is InChI=1S/C13H24N2O2/c1-3-12(17-2)13(16)15-6-4-10-8-14-9-11(10)5-7-15/h10-12,14H,3-9H2,1-2H3/t10-,11+,12?. The number of hydrogen-bond acceptors (Lipinski definition) is 3. The molecule has 2 aliphatic heterocycles. The molecule has 3 atom stereocenters. The van der Waals surface area contributed by atoms with Gasteiger partial charge in [-0.05, 0) is 44.2 Å². The van der Waals surface area contributed by atoms with Crippen LogP contribution < -0.4 is 5.32 Å². The zero-order valence-electron chi connectivity index (χ0n) is 10.9. The number of fused-ring (bicyclic) bond motifs is 1. The van der Waals surface area contributed by atoms with Gasteiger partial charge in [0.1, 0.15) is 6.10 Å². The van der Waals surface area contributed by atoms with Crippen molar-refractivity contribution >= 4 is 5.91 Å². The monoisotopic (exact) mass is 240 g/mol. The van der Waals surface area contributed by atoms with Gasteiger partial charge < -0.3 is 15.0 Å². The third kappa shape index (κ3) is 2.80. The number of nitrogens with one attached hydrogen (secondary N) is 1. The molecule has 0 spiro atoms. The second-order valence-electron chi connectivity index (χ2n) is 5.21. The van der Waals surface area contributed by atoms with E-state index < -0.39 is 0 Å². The van der Waals surface area contributed by atoms with Gasteiger partial charge in [0.2, 0.25) is 0 Å². The summed E-state index contributed by atoms with van der Waals surface area (Å²) in [4.78, 5) is 14.2. The van der Waals surface area contributed by atoms with E-state index in [1.54, 1.807) is 7.11 Å². The molecule has 1 N–H and O–H groups in total. The first-order chi connectivity index (χ1) is 8.26. The topological polar surface area (TPSA) is 41.6 Å².